The third kappa shape index (κ3) is 10.1. The molecule has 4 rings (SSSR count). The summed E-state index contributed by atoms with van der Waals surface area (Å²) in [6.07, 6.45) is -5.11. The number of anilines is 1. The van der Waals surface area contributed by atoms with Gasteiger partial charge in [0.1, 0.15) is 5.82 Å². The van der Waals surface area contributed by atoms with Crippen molar-refractivity contribution in [3.63, 3.8) is 0 Å². The summed E-state index contributed by atoms with van der Waals surface area (Å²) in [6.45, 7) is 6.05. The lowest BCUT2D eigenvalue weighted by atomic mass is 9.89. The molecule has 2 saturated heterocycles. The monoisotopic (exact) mass is 572 g/mol. The summed E-state index contributed by atoms with van der Waals surface area (Å²) < 4.78 is 69.7. The van der Waals surface area contributed by atoms with Crippen LogP contribution >= 0.6 is 11.3 Å². The molecule has 2 aliphatic heterocycles. The summed E-state index contributed by atoms with van der Waals surface area (Å²) in [5.41, 5.74) is 3.11. The van der Waals surface area contributed by atoms with E-state index in [0.29, 0.717) is 6.04 Å². The summed E-state index contributed by atoms with van der Waals surface area (Å²) in [4.78, 5) is 30.4. The summed E-state index contributed by atoms with van der Waals surface area (Å²) in [7, 11) is 0. The number of pyridine rings is 1. The number of carbonyl (C=O) groups is 2. The van der Waals surface area contributed by atoms with Crippen LogP contribution < -0.4 is 5.32 Å². The molecule has 0 bridgehead atoms. The van der Waals surface area contributed by atoms with E-state index in [-0.39, 0.29) is 5.60 Å². The number of ether oxygens (including phenoxy) is 1. The molecule has 38 heavy (non-hydrogen) atoms. The molecule has 2 atom stereocenters. The number of hydrogen-bond donors (Lipinski definition) is 3. The van der Waals surface area contributed by atoms with Crippen LogP contribution in [0.2, 0.25) is 0 Å². The predicted molar refractivity (Wildman–Crippen MR) is 124 cm³/mol. The molecule has 0 radical (unpaired) electrons. The summed E-state index contributed by atoms with van der Waals surface area (Å²) in [5, 5.41) is 17.8. The van der Waals surface area contributed by atoms with Gasteiger partial charge in [-0.3, -0.25) is 4.90 Å². The average Bonchev–Trinajstić information content (AvgIpc) is 3.40. The number of likely N-dealkylation sites (tertiary alicyclic amines) is 1. The fraction of sp³-hybridized carbons (Fsp3) is 0.545. The van der Waals surface area contributed by atoms with Gasteiger partial charge in [0.25, 0.3) is 0 Å². The maximum atomic E-state index is 10.6. The number of nitrogens with one attached hydrogen (secondary N) is 1. The second kappa shape index (κ2) is 13.2. The second-order valence-electron chi connectivity index (χ2n) is 8.51. The highest BCUT2D eigenvalue weighted by molar-refractivity contribution is 7.09. The lowest BCUT2D eigenvalue weighted by Gasteiger charge is -2.38. The fourth-order valence-electron chi connectivity index (χ4n) is 3.84. The molecular weight excluding hydrogens is 546 g/mol. The average molecular weight is 573 g/mol. The van der Waals surface area contributed by atoms with E-state index in [1.165, 1.54) is 10.6 Å². The van der Waals surface area contributed by atoms with Gasteiger partial charge in [0.2, 0.25) is 0 Å². The molecule has 4 heterocycles. The molecule has 0 aliphatic carbocycles. The summed E-state index contributed by atoms with van der Waals surface area (Å²) in [5.74, 6) is -4.55. The van der Waals surface area contributed by atoms with Crippen molar-refractivity contribution >= 4 is 29.1 Å². The molecule has 2 aromatic rings. The van der Waals surface area contributed by atoms with Gasteiger partial charge in [0.15, 0.2) is 0 Å². The summed E-state index contributed by atoms with van der Waals surface area (Å²) in [6, 6.07) is 6.46. The molecule has 0 saturated carbocycles. The molecule has 16 heteroatoms. The number of aliphatic carboxylic acids is 2. The van der Waals surface area contributed by atoms with Crippen LogP contribution in [0.15, 0.2) is 29.9 Å². The number of hydrogen-bond acceptors (Lipinski definition) is 8. The van der Waals surface area contributed by atoms with E-state index in [4.69, 9.17) is 24.5 Å². The molecule has 2 fully saturated rings. The first-order valence-electron chi connectivity index (χ1n) is 11.1. The van der Waals surface area contributed by atoms with Crippen LogP contribution in [0.1, 0.15) is 29.8 Å². The van der Waals surface area contributed by atoms with Crippen molar-refractivity contribution in [2.75, 3.05) is 25.0 Å². The molecule has 1 spiro atoms. The van der Waals surface area contributed by atoms with Crippen molar-refractivity contribution in [3.05, 3.63) is 40.5 Å². The SMILES string of the molecule is Cc1ncsc1CN1CC[C@@]2(C[C@@H](Nc3ccccn3)CCO2)C1.O=C(O)C(F)(F)F.O=C(O)C(F)(F)F. The molecule has 212 valence electrons. The Morgan fingerprint density at radius 2 is 1.79 bits per heavy atom. The van der Waals surface area contributed by atoms with Crippen LogP contribution in [0, 0.1) is 6.92 Å². The van der Waals surface area contributed by atoms with Gasteiger partial charge >= 0.3 is 24.3 Å². The van der Waals surface area contributed by atoms with E-state index in [0.717, 1.165) is 51.3 Å². The minimum Gasteiger partial charge on any atom is -0.475 e. The number of alkyl halides is 6. The Balaban J connectivity index is 0.000000301. The third-order valence-electron chi connectivity index (χ3n) is 5.60. The van der Waals surface area contributed by atoms with Crippen molar-refractivity contribution in [1.29, 1.82) is 0 Å². The van der Waals surface area contributed by atoms with E-state index in [2.05, 4.69) is 27.1 Å². The highest BCUT2D eigenvalue weighted by Gasteiger charge is 2.43. The van der Waals surface area contributed by atoms with E-state index >= 15 is 0 Å². The predicted octanol–water partition coefficient (Wildman–Crippen LogP) is 4.35. The van der Waals surface area contributed by atoms with E-state index in [9.17, 15) is 26.3 Å². The van der Waals surface area contributed by atoms with Crippen LogP contribution in [0.4, 0.5) is 32.2 Å². The molecule has 0 aromatic carbocycles. The van der Waals surface area contributed by atoms with Crippen molar-refractivity contribution in [1.82, 2.24) is 14.9 Å². The zero-order valence-corrected chi connectivity index (χ0v) is 20.9. The number of carboxylic acid groups (broad SMARTS) is 2. The molecule has 3 N–H and O–H groups in total. The fourth-order valence-corrected chi connectivity index (χ4v) is 4.65. The maximum Gasteiger partial charge on any atom is 0.490 e. The Bertz CT molecular complexity index is 1030. The summed E-state index contributed by atoms with van der Waals surface area (Å²) >= 11 is 1.76. The largest absolute Gasteiger partial charge is 0.490 e. The number of carboxylic acids is 2. The van der Waals surface area contributed by atoms with E-state index in [1.54, 1.807) is 11.3 Å². The molecule has 9 nitrogen and oxygen atoms in total. The number of rotatable bonds is 4. The minimum absolute atomic E-state index is 0.00326. The zero-order valence-electron chi connectivity index (χ0n) is 20.1. The molecule has 0 amide bonds. The van der Waals surface area contributed by atoms with E-state index in [1.807, 2.05) is 29.9 Å². The lowest BCUT2D eigenvalue weighted by Crippen LogP contribution is -2.46. The van der Waals surface area contributed by atoms with Crippen molar-refractivity contribution in [3.8, 4) is 0 Å². The van der Waals surface area contributed by atoms with Gasteiger partial charge in [-0.2, -0.15) is 26.3 Å². The topological polar surface area (TPSA) is 125 Å². The van der Waals surface area contributed by atoms with Crippen LogP contribution in [0.25, 0.3) is 0 Å². The van der Waals surface area contributed by atoms with Crippen LogP contribution in [-0.2, 0) is 20.9 Å². The quantitative estimate of drug-likeness (QED) is 0.459. The van der Waals surface area contributed by atoms with Crippen LogP contribution in [0.3, 0.4) is 0 Å². The normalized spacial score (nSPS) is 21.6. The smallest absolute Gasteiger partial charge is 0.475 e. The van der Waals surface area contributed by atoms with E-state index < -0.39 is 24.3 Å². The first-order chi connectivity index (χ1) is 17.6. The Kier molecular flexibility index (Phi) is 10.8. The lowest BCUT2D eigenvalue weighted by molar-refractivity contribution is -0.193. The highest BCUT2D eigenvalue weighted by Crippen LogP contribution is 2.36. The number of thiazole rings is 1. The Morgan fingerprint density at radius 3 is 2.29 bits per heavy atom. The minimum atomic E-state index is -5.08. The van der Waals surface area contributed by atoms with Crippen molar-refractivity contribution in [2.45, 2.75) is 56.7 Å². The number of halogens is 6. The van der Waals surface area contributed by atoms with Gasteiger partial charge in [-0.1, -0.05) is 6.07 Å². The Morgan fingerprint density at radius 1 is 1.16 bits per heavy atom. The van der Waals surface area contributed by atoms with Gasteiger partial charge in [0.05, 0.1) is 16.8 Å². The van der Waals surface area contributed by atoms with Crippen LogP contribution in [0.5, 0.6) is 0 Å². The number of aromatic nitrogens is 2. The van der Waals surface area contributed by atoms with Gasteiger partial charge in [-0.05, 0) is 38.3 Å². The molecule has 2 aliphatic rings. The Labute approximate surface area is 217 Å². The second-order valence-corrected chi connectivity index (χ2v) is 9.45. The van der Waals surface area contributed by atoms with Crippen molar-refractivity contribution < 1.29 is 50.9 Å². The molecule has 2 aromatic heterocycles. The first-order valence-corrected chi connectivity index (χ1v) is 12.0. The Hall–Kier alpha value is -2.98. The maximum absolute atomic E-state index is 10.6. The number of nitrogens with zero attached hydrogens (tertiary/aromatic N) is 3. The zero-order chi connectivity index (χ0) is 28.6. The molecule has 0 unspecified atom stereocenters. The van der Waals surface area contributed by atoms with Gasteiger partial charge in [-0.15, -0.1) is 11.3 Å². The number of aryl methyl sites for hydroxylation is 1. The van der Waals surface area contributed by atoms with Gasteiger partial charge in [-0.25, -0.2) is 19.6 Å². The third-order valence-corrected chi connectivity index (χ3v) is 6.52. The van der Waals surface area contributed by atoms with Gasteiger partial charge in [0, 0.05) is 43.4 Å². The standard InChI is InChI=1S/C18H24N4OS.2C2HF3O2/c1-14-16(24-13-20-14)11-22-8-6-18(12-22)10-15(5-9-23-18)21-17-4-2-3-7-19-17;2*3-2(4,5)1(6)7/h2-4,7,13,15H,5-6,8-12H2,1H3,(H,19,21);2*(H,6,7)/t15-,18+;;/m0../s1. The molecular formula is C22H26F6N4O5S. The highest BCUT2D eigenvalue weighted by atomic mass is 32.1. The van der Waals surface area contributed by atoms with Crippen molar-refractivity contribution in [2.24, 2.45) is 0 Å². The van der Waals surface area contributed by atoms with Gasteiger partial charge < -0.3 is 20.3 Å². The van der Waals surface area contributed by atoms with Crippen LogP contribution in [-0.4, -0.2) is 80.7 Å². The first kappa shape index (κ1) is 31.2.